The third kappa shape index (κ3) is 3.26. The largest absolute Gasteiger partial charge is 0.328 e. The molecule has 0 bridgehead atoms. The summed E-state index contributed by atoms with van der Waals surface area (Å²) in [5.41, 5.74) is -0.522. The summed E-state index contributed by atoms with van der Waals surface area (Å²) in [5, 5.41) is 1.70. The minimum Gasteiger partial charge on any atom is -0.306 e. The first-order chi connectivity index (χ1) is 10.9. The van der Waals surface area contributed by atoms with Gasteiger partial charge in [-0.15, -0.1) is 22.7 Å². The van der Waals surface area contributed by atoms with Crippen LogP contribution in [0.4, 0.5) is 0 Å². The summed E-state index contributed by atoms with van der Waals surface area (Å²) in [7, 11) is -3.71. The van der Waals surface area contributed by atoms with Crippen LogP contribution in [0.5, 0.6) is 0 Å². The highest BCUT2D eigenvalue weighted by molar-refractivity contribution is 7.91. The first kappa shape index (κ1) is 16.4. The van der Waals surface area contributed by atoms with Gasteiger partial charge in [0.25, 0.3) is 5.56 Å². The maximum absolute atomic E-state index is 12.2. The zero-order valence-corrected chi connectivity index (χ0v) is 14.6. The van der Waals surface area contributed by atoms with Crippen molar-refractivity contribution in [3.8, 4) is 0 Å². The van der Waals surface area contributed by atoms with E-state index in [-0.39, 0.29) is 17.3 Å². The molecule has 0 aliphatic carbocycles. The topological polar surface area (TPSA) is 101 Å². The maximum atomic E-state index is 12.2. The molecule has 0 saturated heterocycles. The highest BCUT2D eigenvalue weighted by atomic mass is 35.5. The number of hydrogen-bond acceptors (Lipinski definition) is 6. The molecular formula is C12H10ClN3O4S3. The van der Waals surface area contributed by atoms with E-state index in [0.29, 0.717) is 14.6 Å². The fraction of sp³-hybridized carbons (Fsp3) is 0.167. The Morgan fingerprint density at radius 1 is 1.26 bits per heavy atom. The average molecular weight is 392 g/mol. The average Bonchev–Trinajstić information content (AvgIpc) is 3.11. The predicted octanol–water partition coefficient (Wildman–Crippen LogP) is 1.44. The molecule has 2 N–H and O–H groups in total. The van der Waals surface area contributed by atoms with E-state index in [1.165, 1.54) is 23.5 Å². The molecule has 0 spiro atoms. The van der Waals surface area contributed by atoms with Crippen LogP contribution in [0.3, 0.4) is 0 Å². The van der Waals surface area contributed by atoms with Gasteiger partial charge in [-0.2, -0.15) is 0 Å². The Bertz CT molecular complexity index is 1080. The van der Waals surface area contributed by atoms with E-state index in [1.807, 2.05) is 0 Å². The van der Waals surface area contributed by atoms with Crippen LogP contribution in [0.2, 0.25) is 4.34 Å². The lowest BCUT2D eigenvalue weighted by Gasteiger charge is -2.06. The Balaban J connectivity index is 1.79. The van der Waals surface area contributed by atoms with E-state index in [9.17, 15) is 18.0 Å². The molecule has 0 unspecified atom stereocenters. The molecule has 0 aromatic carbocycles. The van der Waals surface area contributed by atoms with Gasteiger partial charge in [-0.05, 0) is 23.6 Å². The summed E-state index contributed by atoms with van der Waals surface area (Å²) in [6.45, 7) is -0.155. The van der Waals surface area contributed by atoms with Crippen molar-refractivity contribution in [1.29, 1.82) is 0 Å². The third-order valence-electron chi connectivity index (χ3n) is 3.03. The summed E-state index contributed by atoms with van der Waals surface area (Å²) in [6.07, 6.45) is 0. The Morgan fingerprint density at radius 3 is 2.74 bits per heavy atom. The lowest BCUT2D eigenvalue weighted by Crippen LogP contribution is -2.38. The third-order valence-corrected chi connectivity index (χ3v) is 7.12. The van der Waals surface area contributed by atoms with Crippen molar-refractivity contribution in [1.82, 2.24) is 14.3 Å². The lowest BCUT2D eigenvalue weighted by molar-refractivity contribution is 0.567. The van der Waals surface area contributed by atoms with Crippen LogP contribution in [0.1, 0.15) is 0 Å². The molecule has 3 heterocycles. The van der Waals surface area contributed by atoms with Crippen molar-refractivity contribution >= 4 is 54.5 Å². The number of aromatic amines is 1. The number of halogens is 1. The van der Waals surface area contributed by atoms with Crippen LogP contribution in [-0.2, 0) is 16.6 Å². The molecule has 3 aromatic heterocycles. The molecule has 0 aliphatic heterocycles. The molecule has 0 atom stereocenters. The summed E-state index contributed by atoms with van der Waals surface area (Å²) in [5.74, 6) is 0. The molecule has 0 fully saturated rings. The molecule has 7 nitrogen and oxygen atoms in total. The van der Waals surface area contributed by atoms with Gasteiger partial charge in [-0.3, -0.25) is 9.36 Å². The second-order valence-electron chi connectivity index (χ2n) is 4.51. The van der Waals surface area contributed by atoms with Gasteiger partial charge in [0, 0.05) is 13.1 Å². The van der Waals surface area contributed by atoms with Gasteiger partial charge in [0.2, 0.25) is 10.0 Å². The molecule has 0 saturated carbocycles. The summed E-state index contributed by atoms with van der Waals surface area (Å²) in [6, 6.07) is 4.53. The monoisotopic (exact) mass is 391 g/mol. The van der Waals surface area contributed by atoms with Crippen molar-refractivity contribution in [2.24, 2.45) is 0 Å². The van der Waals surface area contributed by atoms with Gasteiger partial charge in [0.05, 0.1) is 9.85 Å². The Hall–Kier alpha value is -1.46. The number of nitrogens with one attached hydrogen (secondary N) is 2. The Labute approximate surface area is 143 Å². The Kier molecular flexibility index (Phi) is 4.43. The molecule has 122 valence electrons. The fourth-order valence-electron chi connectivity index (χ4n) is 1.98. The molecule has 11 heteroatoms. The minimum absolute atomic E-state index is 0.0691. The molecule has 0 aliphatic rings. The molecule has 23 heavy (non-hydrogen) atoms. The number of fused-ring (bicyclic) bond motifs is 1. The van der Waals surface area contributed by atoms with Crippen LogP contribution in [0.15, 0.2) is 37.4 Å². The number of thiophene rings is 2. The van der Waals surface area contributed by atoms with Crippen LogP contribution >= 0.6 is 34.3 Å². The van der Waals surface area contributed by atoms with Gasteiger partial charge in [-0.1, -0.05) is 11.6 Å². The van der Waals surface area contributed by atoms with Crippen molar-refractivity contribution in [2.45, 2.75) is 10.8 Å². The van der Waals surface area contributed by atoms with Crippen molar-refractivity contribution in [2.75, 3.05) is 6.54 Å². The summed E-state index contributed by atoms with van der Waals surface area (Å²) >= 11 is 7.87. The van der Waals surface area contributed by atoms with E-state index in [4.69, 9.17) is 11.6 Å². The van der Waals surface area contributed by atoms with Gasteiger partial charge in [0.15, 0.2) is 0 Å². The van der Waals surface area contributed by atoms with E-state index < -0.39 is 21.3 Å². The highest BCUT2D eigenvalue weighted by Crippen LogP contribution is 2.25. The Morgan fingerprint density at radius 2 is 2.04 bits per heavy atom. The zero-order chi connectivity index (χ0) is 16.6. The van der Waals surface area contributed by atoms with Crippen LogP contribution in [-0.4, -0.2) is 24.5 Å². The zero-order valence-electron chi connectivity index (χ0n) is 11.4. The number of sulfonamides is 1. The molecule has 0 amide bonds. The van der Waals surface area contributed by atoms with E-state index in [0.717, 1.165) is 15.9 Å². The van der Waals surface area contributed by atoms with Crippen molar-refractivity contribution in [3.05, 3.63) is 48.8 Å². The molecule has 3 aromatic rings. The van der Waals surface area contributed by atoms with Crippen LogP contribution in [0, 0.1) is 0 Å². The number of nitrogens with zero attached hydrogens (tertiary/aromatic N) is 1. The molecule has 3 rings (SSSR count). The summed E-state index contributed by atoms with van der Waals surface area (Å²) in [4.78, 5) is 26.7. The number of H-pyrrole nitrogens is 1. The number of aromatic nitrogens is 2. The smallest absolute Gasteiger partial charge is 0.306 e. The van der Waals surface area contributed by atoms with Gasteiger partial charge in [0.1, 0.15) is 8.91 Å². The first-order valence-corrected chi connectivity index (χ1v) is 9.89. The first-order valence-electron chi connectivity index (χ1n) is 6.34. The second kappa shape index (κ2) is 6.21. The minimum atomic E-state index is -3.71. The second-order valence-corrected chi connectivity index (χ2v) is 9.13. The molecule has 0 radical (unpaired) electrons. The van der Waals surface area contributed by atoms with Gasteiger partial charge in [-0.25, -0.2) is 17.9 Å². The van der Waals surface area contributed by atoms with Gasteiger partial charge < -0.3 is 4.98 Å². The van der Waals surface area contributed by atoms with E-state index in [2.05, 4.69) is 9.71 Å². The van der Waals surface area contributed by atoms with E-state index in [1.54, 1.807) is 11.4 Å². The van der Waals surface area contributed by atoms with E-state index >= 15 is 0 Å². The fourth-order valence-corrected chi connectivity index (χ4v) is 5.32. The van der Waals surface area contributed by atoms with Crippen molar-refractivity contribution < 1.29 is 8.42 Å². The van der Waals surface area contributed by atoms with Crippen LogP contribution in [0.25, 0.3) is 10.2 Å². The summed E-state index contributed by atoms with van der Waals surface area (Å²) < 4.78 is 28.3. The molecular weight excluding hydrogens is 382 g/mol. The predicted molar refractivity (Wildman–Crippen MR) is 91.2 cm³/mol. The lowest BCUT2D eigenvalue weighted by atomic mass is 10.4. The number of rotatable bonds is 5. The normalized spacial score (nSPS) is 12.0. The standard InChI is InChI=1S/C12H10ClN3O4S3/c13-8-1-2-9(22-8)23(19,20)14-4-5-16-11(17)10-7(3-6-21-10)15-12(16)18/h1-3,6,14H,4-5H2,(H,15,18). The quantitative estimate of drug-likeness (QED) is 0.687. The number of hydrogen-bond donors (Lipinski definition) is 2. The highest BCUT2D eigenvalue weighted by Gasteiger charge is 2.16. The van der Waals surface area contributed by atoms with Crippen molar-refractivity contribution in [3.63, 3.8) is 0 Å². The maximum Gasteiger partial charge on any atom is 0.328 e. The van der Waals surface area contributed by atoms with Crippen LogP contribution < -0.4 is 16.0 Å². The SMILES string of the molecule is O=c1[nH]c2ccsc2c(=O)n1CCNS(=O)(=O)c1ccc(Cl)s1. The van der Waals surface area contributed by atoms with Gasteiger partial charge >= 0.3 is 5.69 Å².